The Balaban J connectivity index is 1.66. The molecule has 1 saturated heterocycles. The number of carbonyl (C=O) groups excluding carboxylic acids is 2. The lowest BCUT2D eigenvalue weighted by Crippen LogP contribution is -2.50. The minimum Gasteiger partial charge on any atom is -0.504 e. The average molecular weight is 350 g/mol. The molecule has 25 heavy (non-hydrogen) atoms. The Morgan fingerprint density at radius 1 is 1.40 bits per heavy atom. The summed E-state index contributed by atoms with van der Waals surface area (Å²) >= 11 is 0. The van der Waals surface area contributed by atoms with Gasteiger partial charge in [-0.05, 0) is 23.8 Å². The molecule has 2 unspecified atom stereocenters. The molecule has 3 N–H and O–H groups in total. The number of phenols is 1. The lowest BCUT2D eigenvalue weighted by atomic mass is 9.82. The quantitative estimate of drug-likeness (QED) is 0.518. The Bertz CT molecular complexity index is 727. The summed E-state index contributed by atoms with van der Waals surface area (Å²) in [5.74, 6) is -1.30. The number of aromatic hydroxyl groups is 1. The van der Waals surface area contributed by atoms with Gasteiger partial charge in [-0.25, -0.2) is 9.59 Å². The minimum atomic E-state index is -1.70. The van der Waals surface area contributed by atoms with Crippen molar-refractivity contribution >= 4 is 18.0 Å². The van der Waals surface area contributed by atoms with E-state index in [0.29, 0.717) is 5.56 Å². The lowest BCUT2D eigenvalue weighted by Gasteiger charge is -2.32. The van der Waals surface area contributed by atoms with Crippen LogP contribution in [0.4, 0.5) is 0 Å². The molecule has 4 atom stereocenters. The van der Waals surface area contributed by atoms with Gasteiger partial charge in [0.15, 0.2) is 23.2 Å². The first-order chi connectivity index (χ1) is 11.8. The molecule has 8 nitrogen and oxygen atoms in total. The standard InChI is InChI=1S/C17H18O8/c1-23-12-6-9(2-4-10(12)18)3-5-14(20)25-15-11(19)7-17(22)8-13(15)24-16(17)21/h2-6,11,13,15,18-19,22H,7-8H2,1H3/b5-3+/t11?,13?,15-,17+/m1/s1. The monoisotopic (exact) mass is 350 g/mol. The van der Waals surface area contributed by atoms with Crippen LogP contribution < -0.4 is 4.74 Å². The maximum Gasteiger partial charge on any atom is 0.338 e. The fraction of sp³-hybridized carbons (Fsp3) is 0.412. The number of aliphatic hydroxyl groups excluding tert-OH is 1. The molecule has 1 heterocycles. The Kier molecular flexibility index (Phi) is 4.40. The molecule has 1 aromatic rings. The second-order valence-electron chi connectivity index (χ2n) is 6.12. The Hall–Kier alpha value is -2.58. The van der Waals surface area contributed by atoms with Crippen molar-refractivity contribution in [2.45, 2.75) is 36.8 Å². The van der Waals surface area contributed by atoms with Gasteiger partial charge < -0.3 is 29.5 Å². The van der Waals surface area contributed by atoms with Gasteiger partial charge in [-0.15, -0.1) is 0 Å². The summed E-state index contributed by atoms with van der Waals surface area (Å²) in [4.78, 5) is 23.6. The van der Waals surface area contributed by atoms with Crippen LogP contribution in [0.2, 0.25) is 0 Å². The average Bonchev–Trinajstić information content (AvgIpc) is 2.81. The van der Waals surface area contributed by atoms with E-state index < -0.39 is 35.9 Å². The molecule has 1 aliphatic heterocycles. The van der Waals surface area contributed by atoms with Crippen LogP contribution in [-0.4, -0.2) is 58.3 Å². The maximum atomic E-state index is 12.0. The van der Waals surface area contributed by atoms with E-state index in [2.05, 4.69) is 0 Å². The summed E-state index contributed by atoms with van der Waals surface area (Å²) in [7, 11) is 1.41. The van der Waals surface area contributed by atoms with Gasteiger partial charge in [0, 0.05) is 18.9 Å². The van der Waals surface area contributed by atoms with E-state index in [-0.39, 0.29) is 24.3 Å². The summed E-state index contributed by atoms with van der Waals surface area (Å²) in [5.41, 5.74) is -1.11. The smallest absolute Gasteiger partial charge is 0.338 e. The number of methoxy groups -OCH3 is 1. The highest BCUT2D eigenvalue weighted by Gasteiger charge is 2.58. The number of ether oxygens (including phenoxy) is 3. The van der Waals surface area contributed by atoms with Gasteiger partial charge in [-0.3, -0.25) is 0 Å². The summed E-state index contributed by atoms with van der Waals surface area (Å²) < 4.78 is 15.1. The molecule has 0 radical (unpaired) electrons. The molecule has 8 heteroatoms. The number of hydrogen-bond acceptors (Lipinski definition) is 8. The number of benzene rings is 1. The first-order valence-corrected chi connectivity index (χ1v) is 7.69. The third-order valence-corrected chi connectivity index (χ3v) is 4.34. The van der Waals surface area contributed by atoms with Crippen molar-refractivity contribution < 1.29 is 39.1 Å². The molecule has 0 spiro atoms. The summed E-state index contributed by atoms with van der Waals surface area (Å²) in [6.07, 6.45) is -0.738. The molecule has 0 aromatic heterocycles. The largest absolute Gasteiger partial charge is 0.504 e. The van der Waals surface area contributed by atoms with Crippen LogP contribution in [0.3, 0.4) is 0 Å². The fourth-order valence-electron chi connectivity index (χ4n) is 3.05. The van der Waals surface area contributed by atoms with Crippen molar-refractivity contribution in [3.8, 4) is 11.5 Å². The van der Waals surface area contributed by atoms with E-state index in [1.807, 2.05) is 0 Å². The zero-order valence-electron chi connectivity index (χ0n) is 13.4. The lowest BCUT2D eigenvalue weighted by molar-refractivity contribution is -0.165. The van der Waals surface area contributed by atoms with Crippen LogP contribution in [0.5, 0.6) is 11.5 Å². The fourth-order valence-corrected chi connectivity index (χ4v) is 3.05. The number of aliphatic hydroxyl groups is 2. The third-order valence-electron chi connectivity index (χ3n) is 4.34. The van der Waals surface area contributed by atoms with E-state index in [9.17, 15) is 24.9 Å². The molecular formula is C17H18O8. The third kappa shape index (κ3) is 3.31. The van der Waals surface area contributed by atoms with Crippen LogP contribution >= 0.6 is 0 Å². The first kappa shape index (κ1) is 17.2. The normalized spacial score (nSPS) is 31.0. The molecule has 2 fully saturated rings. The molecule has 3 rings (SSSR count). The zero-order chi connectivity index (χ0) is 18.2. The molecule has 1 saturated carbocycles. The Labute approximate surface area is 143 Å². The van der Waals surface area contributed by atoms with Crippen molar-refractivity contribution in [1.29, 1.82) is 0 Å². The van der Waals surface area contributed by atoms with Gasteiger partial charge in [0.1, 0.15) is 6.10 Å². The number of esters is 2. The Morgan fingerprint density at radius 3 is 2.88 bits per heavy atom. The van der Waals surface area contributed by atoms with Gasteiger partial charge in [-0.1, -0.05) is 6.07 Å². The van der Waals surface area contributed by atoms with Gasteiger partial charge in [-0.2, -0.15) is 0 Å². The molecular weight excluding hydrogens is 332 g/mol. The number of hydrogen-bond donors (Lipinski definition) is 3. The second kappa shape index (κ2) is 6.38. The van der Waals surface area contributed by atoms with Crippen LogP contribution in [0, 0.1) is 0 Å². The van der Waals surface area contributed by atoms with Crippen LogP contribution in [0.1, 0.15) is 18.4 Å². The van der Waals surface area contributed by atoms with E-state index in [1.165, 1.54) is 25.3 Å². The van der Waals surface area contributed by atoms with Crippen molar-refractivity contribution in [3.63, 3.8) is 0 Å². The van der Waals surface area contributed by atoms with Crippen molar-refractivity contribution in [2.24, 2.45) is 0 Å². The molecule has 1 aromatic carbocycles. The van der Waals surface area contributed by atoms with Crippen molar-refractivity contribution in [1.82, 2.24) is 0 Å². The maximum absolute atomic E-state index is 12.0. The van der Waals surface area contributed by atoms with Crippen LogP contribution in [-0.2, 0) is 19.1 Å². The molecule has 2 aliphatic rings. The van der Waals surface area contributed by atoms with Gasteiger partial charge in [0.25, 0.3) is 0 Å². The topological polar surface area (TPSA) is 123 Å². The molecule has 0 amide bonds. The molecule has 2 bridgehead atoms. The summed E-state index contributed by atoms with van der Waals surface area (Å²) in [5, 5.41) is 29.6. The number of rotatable bonds is 4. The highest BCUT2D eigenvalue weighted by molar-refractivity contribution is 5.87. The van der Waals surface area contributed by atoms with Gasteiger partial charge in [0.2, 0.25) is 0 Å². The van der Waals surface area contributed by atoms with Crippen molar-refractivity contribution in [2.75, 3.05) is 7.11 Å². The highest BCUT2D eigenvalue weighted by Crippen LogP contribution is 2.39. The number of carbonyl (C=O) groups is 2. The second-order valence-corrected chi connectivity index (χ2v) is 6.12. The van der Waals surface area contributed by atoms with Gasteiger partial charge >= 0.3 is 11.9 Å². The van der Waals surface area contributed by atoms with Crippen LogP contribution in [0.15, 0.2) is 24.3 Å². The van der Waals surface area contributed by atoms with E-state index in [0.717, 1.165) is 6.08 Å². The molecule has 134 valence electrons. The summed E-state index contributed by atoms with van der Waals surface area (Å²) in [6, 6.07) is 4.54. The van der Waals surface area contributed by atoms with Gasteiger partial charge in [0.05, 0.1) is 13.2 Å². The predicted molar refractivity (Wildman–Crippen MR) is 83.6 cm³/mol. The first-order valence-electron chi connectivity index (χ1n) is 7.69. The number of fused-ring (bicyclic) bond motifs is 2. The van der Waals surface area contributed by atoms with Crippen LogP contribution in [0.25, 0.3) is 6.08 Å². The SMILES string of the molecule is COc1cc(/C=C/C(=O)O[C@@H]2C(O)C[C@]3(O)CC2OC3=O)ccc1O. The highest BCUT2D eigenvalue weighted by atomic mass is 16.6. The number of phenolic OH excluding ortho intramolecular Hbond substituents is 1. The predicted octanol–water partition coefficient (Wildman–Crippen LogP) is 0.137. The van der Waals surface area contributed by atoms with Crippen molar-refractivity contribution in [3.05, 3.63) is 29.8 Å². The van der Waals surface area contributed by atoms with E-state index in [1.54, 1.807) is 6.07 Å². The molecule has 1 aliphatic carbocycles. The summed E-state index contributed by atoms with van der Waals surface area (Å²) in [6.45, 7) is 0. The van der Waals surface area contributed by atoms with E-state index in [4.69, 9.17) is 14.2 Å². The van der Waals surface area contributed by atoms with E-state index >= 15 is 0 Å². The zero-order valence-corrected chi connectivity index (χ0v) is 13.4. The Morgan fingerprint density at radius 2 is 2.16 bits per heavy atom. The minimum absolute atomic E-state index is 0.0142.